The number of hydrogen-bond donors (Lipinski definition) is 2. The van der Waals surface area contributed by atoms with Crippen LogP contribution < -0.4 is 0 Å². The van der Waals surface area contributed by atoms with E-state index in [4.69, 9.17) is 9.47 Å². The summed E-state index contributed by atoms with van der Waals surface area (Å²) in [5.74, 6) is -0.829. The van der Waals surface area contributed by atoms with Crippen molar-refractivity contribution < 1.29 is 29.3 Å². The molecular weight excluding hydrogens is 264 g/mol. The van der Waals surface area contributed by atoms with E-state index in [1.54, 1.807) is 13.8 Å². The van der Waals surface area contributed by atoms with E-state index in [0.717, 1.165) is 0 Å². The van der Waals surface area contributed by atoms with Crippen LogP contribution in [0.4, 0.5) is 0 Å². The van der Waals surface area contributed by atoms with Gasteiger partial charge in [0.1, 0.15) is 6.10 Å². The molecule has 0 aromatic carbocycles. The lowest BCUT2D eigenvalue weighted by atomic mass is 10.1. The Balaban J connectivity index is 2.61. The van der Waals surface area contributed by atoms with E-state index in [9.17, 15) is 19.8 Å². The van der Waals surface area contributed by atoms with Crippen LogP contribution in [0.2, 0.25) is 0 Å². The third-order valence-electron chi connectivity index (χ3n) is 3.42. The van der Waals surface area contributed by atoms with E-state index < -0.39 is 24.3 Å². The van der Waals surface area contributed by atoms with Crippen LogP contribution in [0.25, 0.3) is 0 Å². The van der Waals surface area contributed by atoms with Crippen LogP contribution in [-0.2, 0) is 19.1 Å². The zero-order valence-electron chi connectivity index (χ0n) is 12.1. The van der Waals surface area contributed by atoms with Crippen molar-refractivity contribution in [2.24, 2.45) is 0 Å². The quantitative estimate of drug-likeness (QED) is 0.644. The number of carbonyl (C=O) groups is 2. The summed E-state index contributed by atoms with van der Waals surface area (Å²) in [6, 6.07) is 0. The molecule has 1 aliphatic heterocycles. The van der Waals surface area contributed by atoms with Crippen molar-refractivity contribution in [3.63, 3.8) is 0 Å². The summed E-state index contributed by atoms with van der Waals surface area (Å²) in [5, 5.41) is 19.5. The molecule has 0 radical (unpaired) electrons. The Hall–Kier alpha value is -1.14. The lowest BCUT2D eigenvalue weighted by Crippen LogP contribution is -2.30. The predicted octanol–water partition coefficient (Wildman–Crippen LogP) is 0.926. The average Bonchev–Trinajstić information content (AvgIpc) is 2.39. The monoisotopic (exact) mass is 288 g/mol. The van der Waals surface area contributed by atoms with Crippen LogP contribution >= 0.6 is 0 Å². The number of cyclic esters (lactones) is 2. The molecule has 0 unspecified atom stereocenters. The van der Waals surface area contributed by atoms with Crippen LogP contribution in [0, 0.1) is 0 Å². The van der Waals surface area contributed by atoms with Crippen LogP contribution in [-0.4, -0.2) is 46.6 Å². The van der Waals surface area contributed by atoms with Gasteiger partial charge in [0.15, 0.2) is 0 Å². The number of esters is 2. The maximum absolute atomic E-state index is 11.6. The smallest absolute Gasteiger partial charge is 0.306 e. The van der Waals surface area contributed by atoms with Crippen molar-refractivity contribution in [1.29, 1.82) is 0 Å². The highest BCUT2D eigenvalue weighted by Gasteiger charge is 2.22. The van der Waals surface area contributed by atoms with Gasteiger partial charge in [0.2, 0.25) is 0 Å². The maximum atomic E-state index is 11.6. The molecule has 4 atom stereocenters. The fourth-order valence-corrected chi connectivity index (χ4v) is 2.04. The van der Waals surface area contributed by atoms with Gasteiger partial charge in [-0.25, -0.2) is 0 Å². The molecule has 1 aliphatic rings. The molecule has 0 aliphatic carbocycles. The van der Waals surface area contributed by atoms with Gasteiger partial charge in [-0.3, -0.25) is 9.59 Å². The minimum Gasteiger partial charge on any atom is -0.463 e. The third kappa shape index (κ3) is 6.34. The van der Waals surface area contributed by atoms with Crippen LogP contribution in [0.3, 0.4) is 0 Å². The molecule has 1 saturated heterocycles. The van der Waals surface area contributed by atoms with E-state index in [2.05, 4.69) is 0 Å². The Morgan fingerprint density at radius 3 is 2.20 bits per heavy atom. The number of hydrogen-bond acceptors (Lipinski definition) is 6. The van der Waals surface area contributed by atoms with Crippen molar-refractivity contribution in [1.82, 2.24) is 0 Å². The summed E-state index contributed by atoms with van der Waals surface area (Å²) in [5.41, 5.74) is 0. The van der Waals surface area contributed by atoms with Gasteiger partial charge in [-0.2, -0.15) is 0 Å². The summed E-state index contributed by atoms with van der Waals surface area (Å²) < 4.78 is 10.2. The molecule has 1 fully saturated rings. The van der Waals surface area contributed by atoms with E-state index in [1.807, 2.05) is 0 Å². The van der Waals surface area contributed by atoms with Gasteiger partial charge in [-0.05, 0) is 39.5 Å². The molecule has 0 spiro atoms. The summed E-state index contributed by atoms with van der Waals surface area (Å²) in [4.78, 5) is 23.1. The molecule has 2 N–H and O–H groups in total. The van der Waals surface area contributed by atoms with Gasteiger partial charge in [0.05, 0.1) is 18.3 Å². The van der Waals surface area contributed by atoms with Gasteiger partial charge < -0.3 is 19.7 Å². The normalized spacial score (nSPS) is 34.8. The molecule has 20 heavy (non-hydrogen) atoms. The van der Waals surface area contributed by atoms with Crippen molar-refractivity contribution in [2.75, 3.05) is 0 Å². The van der Waals surface area contributed by atoms with E-state index in [0.29, 0.717) is 19.3 Å². The van der Waals surface area contributed by atoms with E-state index in [-0.39, 0.29) is 31.3 Å². The van der Waals surface area contributed by atoms with Crippen LogP contribution in [0.15, 0.2) is 0 Å². The first-order chi connectivity index (χ1) is 9.38. The largest absolute Gasteiger partial charge is 0.463 e. The van der Waals surface area contributed by atoms with Crippen molar-refractivity contribution in [2.45, 2.75) is 76.8 Å². The second-order valence-electron chi connectivity index (χ2n) is 5.37. The molecule has 0 bridgehead atoms. The Morgan fingerprint density at radius 2 is 1.50 bits per heavy atom. The van der Waals surface area contributed by atoms with Crippen LogP contribution in [0.1, 0.15) is 52.4 Å². The third-order valence-corrected chi connectivity index (χ3v) is 3.42. The first-order valence-corrected chi connectivity index (χ1v) is 7.13. The Labute approximate surface area is 119 Å². The fourth-order valence-electron chi connectivity index (χ4n) is 2.04. The number of carbonyl (C=O) groups excluding carboxylic acids is 2. The molecule has 0 amide bonds. The Bertz CT molecular complexity index is 330. The topological polar surface area (TPSA) is 93.1 Å². The zero-order valence-corrected chi connectivity index (χ0v) is 12.1. The molecule has 0 aromatic heterocycles. The van der Waals surface area contributed by atoms with Gasteiger partial charge in [0.25, 0.3) is 0 Å². The number of aliphatic hydroxyl groups excluding tert-OH is 2. The summed E-state index contributed by atoms with van der Waals surface area (Å²) >= 11 is 0. The van der Waals surface area contributed by atoms with E-state index >= 15 is 0 Å². The van der Waals surface area contributed by atoms with Crippen molar-refractivity contribution >= 4 is 11.9 Å². The Morgan fingerprint density at radius 1 is 0.900 bits per heavy atom. The highest BCUT2D eigenvalue weighted by atomic mass is 16.6. The SMILES string of the molecule is C[C@@H]1CC[C@H](O)CCC(=O)O[C@H](C)[C@@H](O)CCC(=O)O1. The second kappa shape index (κ2) is 8.21. The van der Waals surface area contributed by atoms with Gasteiger partial charge >= 0.3 is 11.9 Å². The molecular formula is C14H24O6. The number of ether oxygens (including phenoxy) is 2. The molecule has 6 nitrogen and oxygen atoms in total. The Kier molecular flexibility index (Phi) is 6.95. The number of aliphatic hydroxyl groups is 2. The highest BCUT2D eigenvalue weighted by Crippen LogP contribution is 2.14. The van der Waals surface area contributed by atoms with Crippen LogP contribution in [0.5, 0.6) is 0 Å². The standard InChI is InChI=1S/C14H24O6/c1-9-3-4-11(15)5-7-14(18)20-10(2)12(16)6-8-13(17)19-9/h9-12,15-16H,3-8H2,1-2H3/t9-,10-,11+,12+/m1/s1. The van der Waals surface area contributed by atoms with Crippen molar-refractivity contribution in [3.8, 4) is 0 Å². The van der Waals surface area contributed by atoms with Gasteiger partial charge in [0, 0.05) is 12.8 Å². The lowest BCUT2D eigenvalue weighted by Gasteiger charge is -2.21. The second-order valence-corrected chi connectivity index (χ2v) is 5.37. The molecule has 6 heteroatoms. The minimum absolute atomic E-state index is 0.0793. The zero-order chi connectivity index (χ0) is 15.1. The molecule has 1 heterocycles. The molecule has 0 aromatic rings. The lowest BCUT2D eigenvalue weighted by molar-refractivity contribution is -0.156. The average molecular weight is 288 g/mol. The molecule has 1 rings (SSSR count). The van der Waals surface area contributed by atoms with Crippen molar-refractivity contribution in [3.05, 3.63) is 0 Å². The molecule has 116 valence electrons. The van der Waals surface area contributed by atoms with Gasteiger partial charge in [-0.1, -0.05) is 0 Å². The first-order valence-electron chi connectivity index (χ1n) is 7.13. The highest BCUT2D eigenvalue weighted by molar-refractivity contribution is 5.70. The summed E-state index contributed by atoms with van der Waals surface area (Å²) in [6.07, 6.45) is -0.746. The van der Waals surface area contributed by atoms with Gasteiger partial charge in [-0.15, -0.1) is 0 Å². The maximum Gasteiger partial charge on any atom is 0.306 e. The minimum atomic E-state index is -0.894. The number of rotatable bonds is 0. The van der Waals surface area contributed by atoms with E-state index in [1.165, 1.54) is 0 Å². The molecule has 0 saturated carbocycles. The first kappa shape index (κ1) is 16.9. The predicted molar refractivity (Wildman–Crippen MR) is 70.8 cm³/mol. The summed E-state index contributed by atoms with van der Waals surface area (Å²) in [7, 11) is 0. The fraction of sp³-hybridized carbons (Fsp3) is 0.857. The summed E-state index contributed by atoms with van der Waals surface area (Å²) in [6.45, 7) is 3.35.